The number of amides is 1. The van der Waals surface area contributed by atoms with Gasteiger partial charge < -0.3 is 10.1 Å². The van der Waals surface area contributed by atoms with Gasteiger partial charge in [0, 0.05) is 23.7 Å². The predicted octanol–water partition coefficient (Wildman–Crippen LogP) is 2.90. The third-order valence-electron chi connectivity index (χ3n) is 4.94. The minimum atomic E-state index is -3.52. The van der Waals surface area contributed by atoms with Crippen LogP contribution < -0.4 is 5.32 Å². The predicted molar refractivity (Wildman–Crippen MR) is 105 cm³/mol. The van der Waals surface area contributed by atoms with E-state index < -0.39 is 10.0 Å². The van der Waals surface area contributed by atoms with Crippen LogP contribution >= 0.6 is 11.3 Å². The van der Waals surface area contributed by atoms with Crippen molar-refractivity contribution in [3.63, 3.8) is 0 Å². The summed E-state index contributed by atoms with van der Waals surface area (Å²) in [4.78, 5) is 14.8. The summed E-state index contributed by atoms with van der Waals surface area (Å²) in [5, 5.41) is 2.87. The van der Waals surface area contributed by atoms with Crippen LogP contribution in [0.15, 0.2) is 35.2 Å². The molecule has 8 heteroatoms. The third-order valence-corrected chi connectivity index (χ3v) is 8.09. The summed E-state index contributed by atoms with van der Waals surface area (Å²) in [6.07, 6.45) is 4.48. The largest absolute Gasteiger partial charge is 0.379 e. The van der Waals surface area contributed by atoms with Gasteiger partial charge in [0.1, 0.15) is 0 Å². The number of sulfonamides is 1. The highest BCUT2D eigenvalue weighted by atomic mass is 32.2. The lowest BCUT2D eigenvalue weighted by Crippen LogP contribution is -2.40. The number of thiophene rings is 1. The van der Waals surface area contributed by atoms with Crippen LogP contribution in [0.1, 0.15) is 33.0 Å². The van der Waals surface area contributed by atoms with Gasteiger partial charge in [0.25, 0.3) is 5.91 Å². The topological polar surface area (TPSA) is 75.7 Å². The van der Waals surface area contributed by atoms with E-state index in [1.165, 1.54) is 27.6 Å². The van der Waals surface area contributed by atoms with Crippen LogP contribution in [0, 0.1) is 0 Å². The molecule has 1 aliphatic carbocycles. The van der Waals surface area contributed by atoms with Crippen molar-refractivity contribution in [2.24, 2.45) is 0 Å². The number of anilines is 1. The number of carbonyl (C=O) groups is 1. The van der Waals surface area contributed by atoms with Gasteiger partial charge in [-0.25, -0.2) is 8.42 Å². The molecule has 1 aliphatic heterocycles. The molecule has 27 heavy (non-hydrogen) atoms. The van der Waals surface area contributed by atoms with Crippen LogP contribution in [0.25, 0.3) is 0 Å². The monoisotopic (exact) mass is 406 g/mol. The molecule has 1 amide bonds. The highest BCUT2D eigenvalue weighted by Crippen LogP contribution is 2.30. The molecule has 0 unspecified atom stereocenters. The summed E-state index contributed by atoms with van der Waals surface area (Å²) in [5.74, 6) is -0.141. The summed E-state index contributed by atoms with van der Waals surface area (Å²) in [6, 6.07) is 8.35. The van der Waals surface area contributed by atoms with Crippen molar-refractivity contribution in [1.29, 1.82) is 0 Å². The van der Waals surface area contributed by atoms with Crippen LogP contribution in [0.4, 0.5) is 5.69 Å². The molecule has 0 bridgehead atoms. The zero-order chi connectivity index (χ0) is 18.9. The highest BCUT2D eigenvalue weighted by Gasteiger charge is 2.26. The van der Waals surface area contributed by atoms with E-state index in [0.717, 1.165) is 12.8 Å². The van der Waals surface area contributed by atoms with Gasteiger partial charge in [0.05, 0.1) is 23.0 Å². The fraction of sp³-hybridized carbons (Fsp3) is 0.421. The number of aryl methyl sites for hydroxylation is 2. The van der Waals surface area contributed by atoms with E-state index in [1.807, 2.05) is 6.07 Å². The summed E-state index contributed by atoms with van der Waals surface area (Å²) in [6.45, 7) is 1.56. The third kappa shape index (κ3) is 3.94. The van der Waals surface area contributed by atoms with Gasteiger partial charge in [-0.2, -0.15) is 4.31 Å². The number of fused-ring (bicyclic) bond motifs is 1. The Bertz CT molecular complexity index is 906. The fourth-order valence-electron chi connectivity index (χ4n) is 3.44. The van der Waals surface area contributed by atoms with Gasteiger partial charge >= 0.3 is 0 Å². The Morgan fingerprint density at radius 3 is 2.48 bits per heavy atom. The quantitative estimate of drug-likeness (QED) is 0.847. The van der Waals surface area contributed by atoms with Gasteiger partial charge in [-0.05, 0) is 61.6 Å². The van der Waals surface area contributed by atoms with Gasteiger partial charge in [-0.3, -0.25) is 4.79 Å². The molecule has 0 atom stereocenters. The molecule has 144 valence electrons. The number of ether oxygens (including phenoxy) is 1. The minimum absolute atomic E-state index is 0.141. The number of carbonyl (C=O) groups excluding carboxylic acids is 1. The SMILES string of the molecule is O=C(Nc1ccc(S(=O)(=O)N2CCOCC2)cc1)c1cc2c(s1)CCCC2. The van der Waals surface area contributed by atoms with Crippen LogP contribution in [-0.4, -0.2) is 44.9 Å². The zero-order valence-electron chi connectivity index (χ0n) is 14.9. The van der Waals surface area contributed by atoms with Crippen LogP contribution in [0.5, 0.6) is 0 Å². The van der Waals surface area contributed by atoms with Crippen LogP contribution in [0.2, 0.25) is 0 Å². The molecule has 1 aromatic carbocycles. The van der Waals surface area contributed by atoms with Crippen molar-refractivity contribution in [2.45, 2.75) is 30.6 Å². The van der Waals surface area contributed by atoms with Crippen molar-refractivity contribution in [3.05, 3.63) is 45.6 Å². The van der Waals surface area contributed by atoms with E-state index in [2.05, 4.69) is 5.32 Å². The molecule has 2 aliphatic rings. The number of hydrogen-bond donors (Lipinski definition) is 1. The number of nitrogens with one attached hydrogen (secondary N) is 1. The molecule has 1 aromatic heterocycles. The molecule has 0 radical (unpaired) electrons. The van der Waals surface area contributed by atoms with Gasteiger partial charge in [0.2, 0.25) is 10.0 Å². The van der Waals surface area contributed by atoms with Crippen molar-refractivity contribution >= 4 is 33.0 Å². The molecule has 1 saturated heterocycles. The standard InChI is InChI=1S/C19H22N2O4S2/c22-19(18-13-14-3-1-2-4-17(14)26-18)20-15-5-7-16(8-6-15)27(23,24)21-9-11-25-12-10-21/h5-8,13H,1-4,9-12H2,(H,20,22). The first-order valence-corrected chi connectivity index (χ1v) is 11.4. The van der Waals surface area contributed by atoms with Crippen molar-refractivity contribution < 1.29 is 17.9 Å². The first kappa shape index (κ1) is 18.6. The maximum atomic E-state index is 12.6. The zero-order valence-corrected chi connectivity index (χ0v) is 16.6. The molecule has 1 N–H and O–H groups in total. The normalized spacial score (nSPS) is 18.1. The first-order chi connectivity index (χ1) is 13.0. The Balaban J connectivity index is 1.46. The van der Waals surface area contributed by atoms with Crippen LogP contribution in [0.3, 0.4) is 0 Å². The molecular weight excluding hydrogens is 384 g/mol. The first-order valence-electron chi connectivity index (χ1n) is 9.15. The molecule has 4 rings (SSSR count). The lowest BCUT2D eigenvalue weighted by atomic mass is 9.99. The lowest BCUT2D eigenvalue weighted by Gasteiger charge is -2.26. The molecule has 1 fully saturated rings. The maximum absolute atomic E-state index is 12.6. The number of benzene rings is 1. The van der Waals surface area contributed by atoms with E-state index in [9.17, 15) is 13.2 Å². The molecule has 2 aromatic rings. The number of rotatable bonds is 4. The fourth-order valence-corrected chi connectivity index (χ4v) is 6.00. The van der Waals surface area contributed by atoms with E-state index in [-0.39, 0.29) is 10.8 Å². The number of morpholine rings is 1. The molecule has 0 spiro atoms. The molecule has 2 heterocycles. The molecule has 6 nitrogen and oxygen atoms in total. The minimum Gasteiger partial charge on any atom is -0.379 e. The van der Waals surface area contributed by atoms with Gasteiger partial charge in [0.15, 0.2) is 0 Å². The van der Waals surface area contributed by atoms with E-state index >= 15 is 0 Å². The summed E-state index contributed by atoms with van der Waals surface area (Å²) >= 11 is 1.56. The Morgan fingerprint density at radius 1 is 1.07 bits per heavy atom. The smallest absolute Gasteiger partial charge is 0.265 e. The maximum Gasteiger partial charge on any atom is 0.265 e. The lowest BCUT2D eigenvalue weighted by molar-refractivity contribution is 0.0730. The average molecular weight is 407 g/mol. The second-order valence-corrected chi connectivity index (χ2v) is 9.84. The summed E-state index contributed by atoms with van der Waals surface area (Å²) in [7, 11) is -3.52. The Kier molecular flexibility index (Phi) is 5.32. The van der Waals surface area contributed by atoms with E-state index in [0.29, 0.717) is 36.9 Å². The van der Waals surface area contributed by atoms with Crippen molar-refractivity contribution in [3.8, 4) is 0 Å². The summed E-state index contributed by atoms with van der Waals surface area (Å²) < 4.78 is 31.9. The van der Waals surface area contributed by atoms with E-state index in [1.54, 1.807) is 35.6 Å². The average Bonchev–Trinajstić information content (AvgIpc) is 3.13. The van der Waals surface area contributed by atoms with Crippen molar-refractivity contribution in [1.82, 2.24) is 4.31 Å². The second-order valence-electron chi connectivity index (χ2n) is 6.76. The second kappa shape index (κ2) is 7.71. The Morgan fingerprint density at radius 2 is 1.78 bits per heavy atom. The number of hydrogen-bond acceptors (Lipinski definition) is 5. The van der Waals surface area contributed by atoms with Gasteiger partial charge in [-0.1, -0.05) is 0 Å². The molecular formula is C19H22N2O4S2. The Labute approximate surface area is 163 Å². The van der Waals surface area contributed by atoms with Crippen molar-refractivity contribution in [2.75, 3.05) is 31.6 Å². The van der Waals surface area contributed by atoms with Crippen LogP contribution in [-0.2, 0) is 27.6 Å². The summed E-state index contributed by atoms with van der Waals surface area (Å²) in [5.41, 5.74) is 1.88. The Hall–Kier alpha value is -1.74. The highest BCUT2D eigenvalue weighted by molar-refractivity contribution is 7.89. The van der Waals surface area contributed by atoms with Gasteiger partial charge in [-0.15, -0.1) is 11.3 Å². The molecule has 0 saturated carbocycles. The number of nitrogens with zero attached hydrogens (tertiary/aromatic N) is 1. The van der Waals surface area contributed by atoms with E-state index in [4.69, 9.17) is 4.74 Å².